The van der Waals surface area contributed by atoms with Gasteiger partial charge in [-0.25, -0.2) is 8.78 Å². The molecule has 0 atom stereocenters. The molecule has 6 rings (SSSR count). The van der Waals surface area contributed by atoms with Crippen LogP contribution in [-0.4, -0.2) is 52.4 Å². The maximum absolute atomic E-state index is 13.9. The Morgan fingerprint density at radius 3 is 2.52 bits per heavy atom. The van der Waals surface area contributed by atoms with Gasteiger partial charge in [-0.05, 0) is 65.3 Å². The zero-order valence-corrected chi connectivity index (χ0v) is 23.1. The maximum Gasteiger partial charge on any atom is 0.363 e. The Balaban J connectivity index is 1.09. The molecule has 1 N–H and O–H groups in total. The Morgan fingerprint density at radius 2 is 1.86 bits per heavy atom. The highest BCUT2D eigenvalue weighted by atomic mass is 35.5. The number of alkyl halides is 2. The van der Waals surface area contributed by atoms with Crippen LogP contribution in [0, 0.1) is 16.0 Å². The molecule has 3 aliphatic rings. The van der Waals surface area contributed by atoms with Gasteiger partial charge in [0.1, 0.15) is 11.1 Å². The number of carbonyl (C=O) groups excluding carboxylic acids is 2. The molecule has 1 aromatic carbocycles. The van der Waals surface area contributed by atoms with E-state index in [4.69, 9.17) is 11.6 Å². The van der Waals surface area contributed by atoms with Gasteiger partial charge in [0.25, 0.3) is 12.3 Å². The lowest BCUT2D eigenvalue weighted by Gasteiger charge is -2.47. The molecule has 2 aromatic heterocycles. The lowest BCUT2D eigenvalue weighted by Crippen LogP contribution is -2.64. The molecular formula is C29H27ClF2N6O4. The molecule has 10 nitrogen and oxygen atoms in total. The number of pyridine rings is 2. The van der Waals surface area contributed by atoms with Gasteiger partial charge in [0.05, 0.1) is 16.3 Å². The number of nitrogens with zero attached hydrogens (tertiary/aromatic N) is 5. The van der Waals surface area contributed by atoms with Gasteiger partial charge in [-0.15, -0.1) is 0 Å². The molecule has 4 heterocycles. The number of halogens is 3. The number of aromatic nitrogens is 2. The molecule has 0 unspecified atom stereocenters. The van der Waals surface area contributed by atoms with E-state index in [-0.39, 0.29) is 34.3 Å². The van der Waals surface area contributed by atoms with Crippen molar-refractivity contribution in [3.05, 3.63) is 86.8 Å². The fourth-order valence-electron chi connectivity index (χ4n) is 6.36. The van der Waals surface area contributed by atoms with Crippen LogP contribution in [0.15, 0.2) is 54.9 Å². The van der Waals surface area contributed by atoms with Crippen LogP contribution >= 0.6 is 11.6 Å². The van der Waals surface area contributed by atoms with Crippen LogP contribution in [0.4, 0.5) is 26.0 Å². The average Bonchev–Trinajstić information content (AvgIpc) is 3.20. The second-order valence-electron chi connectivity index (χ2n) is 11.1. The minimum Gasteiger partial charge on any atom is -0.365 e. The summed E-state index contributed by atoms with van der Waals surface area (Å²) in [4.78, 5) is 48.5. The first-order chi connectivity index (χ1) is 20.2. The molecule has 42 heavy (non-hydrogen) atoms. The van der Waals surface area contributed by atoms with Gasteiger partial charge >= 0.3 is 5.82 Å². The first-order valence-electron chi connectivity index (χ1n) is 13.7. The van der Waals surface area contributed by atoms with Crippen LogP contribution in [0.3, 0.4) is 0 Å². The van der Waals surface area contributed by atoms with E-state index in [9.17, 15) is 28.5 Å². The largest absolute Gasteiger partial charge is 0.365 e. The fourth-order valence-corrected chi connectivity index (χ4v) is 6.52. The molecule has 2 fully saturated rings. The van der Waals surface area contributed by atoms with E-state index in [2.05, 4.69) is 15.3 Å². The fraction of sp³-hybridized carbons (Fsp3) is 0.379. The Kier molecular flexibility index (Phi) is 7.25. The number of amides is 2. The van der Waals surface area contributed by atoms with Crippen LogP contribution in [-0.2, 0) is 10.2 Å². The number of hydrogen-bond donors (Lipinski definition) is 1. The smallest absolute Gasteiger partial charge is 0.363 e. The van der Waals surface area contributed by atoms with Gasteiger partial charge in [0.2, 0.25) is 5.91 Å². The van der Waals surface area contributed by atoms with Gasteiger partial charge in [-0.2, -0.15) is 0 Å². The van der Waals surface area contributed by atoms with Gasteiger partial charge < -0.3 is 25.2 Å². The first kappa shape index (κ1) is 28.0. The summed E-state index contributed by atoms with van der Waals surface area (Å²) < 4.78 is 26.7. The van der Waals surface area contributed by atoms with Gasteiger partial charge in [0, 0.05) is 43.6 Å². The highest BCUT2D eigenvalue weighted by Crippen LogP contribution is 2.49. The third-order valence-electron chi connectivity index (χ3n) is 8.53. The van der Waals surface area contributed by atoms with E-state index in [1.165, 1.54) is 18.3 Å². The van der Waals surface area contributed by atoms with Crippen molar-refractivity contribution in [1.29, 1.82) is 0 Å². The average molecular weight is 597 g/mol. The number of carbonyl (C=O) groups is 2. The lowest BCUT2D eigenvalue weighted by molar-refractivity contribution is -0.389. The molecule has 2 amide bonds. The van der Waals surface area contributed by atoms with Crippen molar-refractivity contribution in [3.63, 3.8) is 0 Å². The highest BCUT2D eigenvalue weighted by Gasteiger charge is 2.58. The van der Waals surface area contributed by atoms with Crippen molar-refractivity contribution < 1.29 is 23.3 Å². The third kappa shape index (κ3) is 4.93. The molecule has 1 aliphatic carbocycles. The summed E-state index contributed by atoms with van der Waals surface area (Å²) in [6.45, 7) is 1.46. The van der Waals surface area contributed by atoms with Crippen molar-refractivity contribution in [2.24, 2.45) is 5.92 Å². The zero-order chi connectivity index (χ0) is 29.6. The Labute approximate surface area is 244 Å². The van der Waals surface area contributed by atoms with E-state index in [0.717, 1.165) is 36.0 Å². The predicted molar refractivity (Wildman–Crippen MR) is 151 cm³/mol. The Morgan fingerprint density at radius 1 is 1.12 bits per heavy atom. The van der Waals surface area contributed by atoms with Crippen LogP contribution in [0.5, 0.6) is 0 Å². The molecule has 2 aliphatic heterocycles. The molecule has 1 saturated carbocycles. The SMILES string of the molecule is O=C(NC1CCC(CN2C(=O)C3(CN(c4ccc([N+](=O)[O-])nc4)C3)c3ccccc32)CC1)c1cc(Cl)cnc1C(F)F. The second kappa shape index (κ2) is 10.9. The van der Waals surface area contributed by atoms with Gasteiger partial charge in [0.15, 0.2) is 6.20 Å². The van der Waals surface area contributed by atoms with Crippen molar-refractivity contribution in [2.45, 2.75) is 43.6 Å². The Bertz CT molecular complexity index is 1540. The summed E-state index contributed by atoms with van der Waals surface area (Å²) in [5.74, 6) is -0.591. The number of para-hydroxylation sites is 1. The minimum absolute atomic E-state index is 0.0400. The number of nitro groups is 1. The molecule has 1 saturated heterocycles. The number of fused-ring (bicyclic) bond motifs is 2. The van der Waals surface area contributed by atoms with Crippen molar-refractivity contribution >= 4 is 40.6 Å². The van der Waals surface area contributed by atoms with E-state index < -0.39 is 28.4 Å². The summed E-state index contributed by atoms with van der Waals surface area (Å²) in [6.07, 6.45) is 2.51. The van der Waals surface area contributed by atoms with Crippen LogP contribution in [0.1, 0.15) is 53.7 Å². The van der Waals surface area contributed by atoms with Crippen molar-refractivity contribution in [2.75, 3.05) is 29.4 Å². The minimum atomic E-state index is -2.89. The topological polar surface area (TPSA) is 122 Å². The summed E-state index contributed by atoms with van der Waals surface area (Å²) in [5, 5.41) is 13.9. The van der Waals surface area contributed by atoms with Crippen LogP contribution in [0.2, 0.25) is 5.02 Å². The molecule has 218 valence electrons. The zero-order valence-electron chi connectivity index (χ0n) is 22.4. The molecule has 13 heteroatoms. The molecule has 0 radical (unpaired) electrons. The van der Waals surface area contributed by atoms with Gasteiger partial charge in [-0.3, -0.25) is 14.6 Å². The summed E-state index contributed by atoms with van der Waals surface area (Å²) >= 11 is 5.90. The van der Waals surface area contributed by atoms with Crippen LogP contribution in [0.25, 0.3) is 0 Å². The quantitative estimate of drug-likeness (QED) is 0.298. The lowest BCUT2D eigenvalue weighted by atomic mass is 9.74. The number of hydrogen-bond acceptors (Lipinski definition) is 7. The van der Waals surface area contributed by atoms with Crippen LogP contribution < -0.4 is 15.1 Å². The summed E-state index contributed by atoms with van der Waals surface area (Å²) in [5.41, 5.74) is 1.11. The number of nitrogens with one attached hydrogen (secondary N) is 1. The second-order valence-corrected chi connectivity index (χ2v) is 11.5. The standard InChI is InChI=1S/C29H27ClF2N6O4/c30-18-11-21(25(26(31)32)34-12-18)27(39)35-19-7-5-17(6-8-19)14-37-23-4-2-1-3-22(23)29(28(37)40)15-36(16-29)20-9-10-24(33-13-20)38(41)42/h1-4,9-13,17,19,26H,5-8,14-16H2,(H,35,39). The van der Waals surface area contributed by atoms with Crippen molar-refractivity contribution in [1.82, 2.24) is 15.3 Å². The molecule has 0 bridgehead atoms. The van der Waals surface area contributed by atoms with Gasteiger partial charge in [-0.1, -0.05) is 29.8 Å². The highest BCUT2D eigenvalue weighted by molar-refractivity contribution is 6.30. The summed E-state index contributed by atoms with van der Waals surface area (Å²) in [6, 6.07) is 11.8. The Hall–Kier alpha value is -4.19. The molecular weight excluding hydrogens is 570 g/mol. The van der Waals surface area contributed by atoms with E-state index in [0.29, 0.717) is 32.5 Å². The van der Waals surface area contributed by atoms with E-state index in [1.807, 2.05) is 34.1 Å². The first-order valence-corrected chi connectivity index (χ1v) is 14.1. The number of rotatable bonds is 7. The number of benzene rings is 1. The molecule has 1 spiro atoms. The maximum atomic E-state index is 13.9. The monoisotopic (exact) mass is 596 g/mol. The number of anilines is 2. The predicted octanol–water partition coefficient (Wildman–Crippen LogP) is 5.07. The van der Waals surface area contributed by atoms with E-state index in [1.54, 1.807) is 6.07 Å². The third-order valence-corrected chi connectivity index (χ3v) is 8.74. The molecule has 3 aromatic rings. The van der Waals surface area contributed by atoms with Crippen molar-refractivity contribution in [3.8, 4) is 0 Å². The summed E-state index contributed by atoms with van der Waals surface area (Å²) in [7, 11) is 0. The normalized spacial score (nSPS) is 20.9. The van der Waals surface area contributed by atoms with E-state index >= 15 is 0 Å².